The van der Waals surface area contributed by atoms with Gasteiger partial charge in [0.15, 0.2) is 5.16 Å². The van der Waals surface area contributed by atoms with Crippen LogP contribution in [0.2, 0.25) is 0 Å². The number of nitrogens with zero attached hydrogens (tertiary/aromatic N) is 3. The van der Waals surface area contributed by atoms with E-state index in [-0.39, 0.29) is 5.75 Å². The highest BCUT2D eigenvalue weighted by atomic mass is 32.2. The number of hydrogen-bond donors (Lipinski definition) is 2. The summed E-state index contributed by atoms with van der Waals surface area (Å²) in [7, 11) is 0. The molecule has 0 spiro atoms. The summed E-state index contributed by atoms with van der Waals surface area (Å²) < 4.78 is 1.76. The third-order valence-electron chi connectivity index (χ3n) is 3.60. The van der Waals surface area contributed by atoms with Crippen molar-refractivity contribution in [2.75, 3.05) is 11.5 Å². The molecule has 1 aliphatic rings. The van der Waals surface area contributed by atoms with E-state index in [1.807, 2.05) is 12.1 Å². The first-order chi connectivity index (χ1) is 10.2. The maximum absolute atomic E-state index is 10.8. The molecule has 1 aromatic heterocycles. The Bertz CT molecular complexity index is 684. The third kappa shape index (κ3) is 2.73. The Kier molecular flexibility index (Phi) is 3.83. The quantitative estimate of drug-likeness (QED) is 0.838. The van der Waals surface area contributed by atoms with Crippen molar-refractivity contribution in [1.82, 2.24) is 14.8 Å². The molecule has 0 bridgehead atoms. The van der Waals surface area contributed by atoms with E-state index < -0.39 is 5.97 Å². The summed E-state index contributed by atoms with van der Waals surface area (Å²) in [6.45, 7) is 0. The lowest BCUT2D eigenvalue weighted by atomic mass is 9.90. The molecule has 3 rings (SSSR count). The summed E-state index contributed by atoms with van der Waals surface area (Å²) in [6, 6.07) is 6.14. The fraction of sp³-hybridized carbons (Fsp3) is 0.357. The zero-order chi connectivity index (χ0) is 14.8. The van der Waals surface area contributed by atoms with Crippen LogP contribution in [0.1, 0.15) is 24.0 Å². The lowest BCUT2D eigenvalue weighted by Gasteiger charge is -2.20. The van der Waals surface area contributed by atoms with E-state index in [1.54, 1.807) is 4.57 Å². The van der Waals surface area contributed by atoms with Gasteiger partial charge in [-0.15, -0.1) is 10.2 Å². The molecule has 0 radical (unpaired) electrons. The summed E-state index contributed by atoms with van der Waals surface area (Å²) in [5.74, 6) is -0.655. The number of aryl methyl sites for hydroxylation is 1. The largest absolute Gasteiger partial charge is 0.481 e. The maximum Gasteiger partial charge on any atom is 0.313 e. The Morgan fingerprint density at radius 3 is 2.95 bits per heavy atom. The van der Waals surface area contributed by atoms with Crippen molar-refractivity contribution in [2.45, 2.75) is 30.8 Å². The van der Waals surface area contributed by atoms with E-state index in [2.05, 4.69) is 16.3 Å². The van der Waals surface area contributed by atoms with E-state index >= 15 is 0 Å². The number of carbonyl (C=O) groups is 1. The molecule has 0 unspecified atom stereocenters. The first-order valence-electron chi connectivity index (χ1n) is 6.83. The molecule has 6 nitrogen and oxygen atoms in total. The van der Waals surface area contributed by atoms with Crippen LogP contribution in [0, 0.1) is 0 Å². The monoisotopic (exact) mass is 304 g/mol. The number of benzene rings is 1. The predicted molar refractivity (Wildman–Crippen MR) is 80.8 cm³/mol. The number of thioether (sulfide) groups is 1. The van der Waals surface area contributed by atoms with Gasteiger partial charge in [-0.3, -0.25) is 9.36 Å². The molecule has 0 atom stereocenters. The average molecular weight is 304 g/mol. The van der Waals surface area contributed by atoms with Crippen molar-refractivity contribution in [2.24, 2.45) is 0 Å². The number of aliphatic carboxylic acids is 1. The maximum atomic E-state index is 10.8. The smallest absolute Gasteiger partial charge is 0.313 e. The van der Waals surface area contributed by atoms with Crippen LogP contribution < -0.4 is 5.73 Å². The normalized spacial score (nSPS) is 13.9. The summed E-state index contributed by atoms with van der Waals surface area (Å²) >= 11 is 1.13. The third-order valence-corrected chi connectivity index (χ3v) is 4.51. The van der Waals surface area contributed by atoms with E-state index in [0.717, 1.165) is 36.7 Å². The van der Waals surface area contributed by atoms with Crippen molar-refractivity contribution in [3.8, 4) is 5.69 Å². The molecule has 3 N–H and O–H groups in total. The highest BCUT2D eigenvalue weighted by Gasteiger charge is 2.19. The first kappa shape index (κ1) is 13.9. The number of hydrogen-bond acceptors (Lipinski definition) is 5. The topological polar surface area (TPSA) is 94.0 Å². The molecular formula is C14H16N4O2S. The Balaban J connectivity index is 2.04. The molecule has 21 heavy (non-hydrogen) atoms. The second-order valence-corrected chi connectivity index (χ2v) is 5.92. The van der Waals surface area contributed by atoms with Gasteiger partial charge in [-0.05, 0) is 42.9 Å². The Hall–Kier alpha value is -2.02. The SMILES string of the molecule is Nc1nnc(SCC(=O)O)n1-c1cccc2c1CCCC2. The highest BCUT2D eigenvalue weighted by molar-refractivity contribution is 7.99. The van der Waals surface area contributed by atoms with Crippen LogP contribution in [0.4, 0.5) is 5.95 Å². The molecule has 0 fully saturated rings. The molecule has 0 saturated heterocycles. The van der Waals surface area contributed by atoms with E-state index in [9.17, 15) is 4.79 Å². The van der Waals surface area contributed by atoms with Crippen LogP contribution in [0.15, 0.2) is 23.4 Å². The predicted octanol–water partition coefficient (Wildman–Crippen LogP) is 1.90. The summed E-state index contributed by atoms with van der Waals surface area (Å²) in [5, 5.41) is 17.2. The minimum absolute atomic E-state index is 0.0623. The van der Waals surface area contributed by atoms with Gasteiger partial charge >= 0.3 is 5.97 Å². The van der Waals surface area contributed by atoms with Crippen molar-refractivity contribution in [1.29, 1.82) is 0 Å². The van der Waals surface area contributed by atoms with E-state index in [4.69, 9.17) is 10.8 Å². The molecule has 1 aromatic carbocycles. The minimum Gasteiger partial charge on any atom is -0.481 e. The molecule has 0 aliphatic heterocycles. The fourth-order valence-corrected chi connectivity index (χ4v) is 3.37. The van der Waals surface area contributed by atoms with Crippen molar-refractivity contribution in [3.05, 3.63) is 29.3 Å². The Morgan fingerprint density at radius 1 is 1.33 bits per heavy atom. The lowest BCUT2D eigenvalue weighted by molar-refractivity contribution is -0.133. The van der Waals surface area contributed by atoms with Gasteiger partial charge in [0.1, 0.15) is 0 Å². The van der Waals surface area contributed by atoms with Gasteiger partial charge in [-0.1, -0.05) is 23.9 Å². The highest BCUT2D eigenvalue weighted by Crippen LogP contribution is 2.31. The number of carboxylic acid groups (broad SMARTS) is 1. The number of rotatable bonds is 4. The molecule has 1 aliphatic carbocycles. The average Bonchev–Trinajstić information content (AvgIpc) is 2.85. The van der Waals surface area contributed by atoms with Crippen molar-refractivity contribution in [3.63, 3.8) is 0 Å². The zero-order valence-corrected chi connectivity index (χ0v) is 12.3. The van der Waals surface area contributed by atoms with Crippen LogP contribution >= 0.6 is 11.8 Å². The summed E-state index contributed by atoms with van der Waals surface area (Å²) in [4.78, 5) is 10.8. The van der Waals surface area contributed by atoms with Gasteiger partial charge in [-0.2, -0.15) is 0 Å². The van der Waals surface area contributed by atoms with E-state index in [1.165, 1.54) is 17.5 Å². The Labute approximate surface area is 126 Å². The minimum atomic E-state index is -0.886. The number of aromatic nitrogens is 3. The number of fused-ring (bicyclic) bond motifs is 1. The molecule has 0 amide bonds. The molecule has 1 heterocycles. The van der Waals surface area contributed by atoms with Crippen molar-refractivity contribution < 1.29 is 9.90 Å². The van der Waals surface area contributed by atoms with Gasteiger partial charge in [-0.25, -0.2) is 0 Å². The molecule has 7 heteroatoms. The fourth-order valence-electron chi connectivity index (χ4n) is 2.70. The van der Waals surface area contributed by atoms with Crippen LogP contribution in [0.5, 0.6) is 0 Å². The number of nitrogens with two attached hydrogens (primary N) is 1. The van der Waals surface area contributed by atoms with Crippen LogP contribution in [-0.4, -0.2) is 31.6 Å². The van der Waals surface area contributed by atoms with Crippen molar-refractivity contribution >= 4 is 23.7 Å². The lowest BCUT2D eigenvalue weighted by Crippen LogP contribution is -2.11. The summed E-state index contributed by atoms with van der Waals surface area (Å²) in [6.07, 6.45) is 4.44. The molecule has 110 valence electrons. The standard InChI is InChI=1S/C14H16N4O2S/c15-13-16-17-14(21-8-12(19)20)18(13)11-7-3-5-9-4-1-2-6-10(9)11/h3,5,7H,1-2,4,6,8H2,(H2,15,16)(H,19,20). The summed E-state index contributed by atoms with van der Waals surface area (Å²) in [5.41, 5.74) is 9.52. The Morgan fingerprint density at radius 2 is 2.14 bits per heavy atom. The number of carboxylic acids is 1. The zero-order valence-electron chi connectivity index (χ0n) is 11.5. The molecule has 0 saturated carbocycles. The number of nitrogen functional groups attached to an aromatic ring is 1. The van der Waals surface area contributed by atoms with E-state index in [0.29, 0.717) is 11.1 Å². The molecular weight excluding hydrogens is 288 g/mol. The number of anilines is 1. The second kappa shape index (κ2) is 5.77. The van der Waals surface area contributed by atoms with Gasteiger partial charge in [0.05, 0.1) is 11.4 Å². The van der Waals surface area contributed by atoms with Crippen LogP contribution in [0.25, 0.3) is 5.69 Å². The van der Waals surface area contributed by atoms with Gasteiger partial charge in [0, 0.05) is 0 Å². The van der Waals surface area contributed by atoms with Gasteiger partial charge in [0.25, 0.3) is 0 Å². The van der Waals surface area contributed by atoms with Gasteiger partial charge in [0.2, 0.25) is 5.95 Å². The molecule has 2 aromatic rings. The van der Waals surface area contributed by atoms with Crippen LogP contribution in [0.3, 0.4) is 0 Å². The first-order valence-corrected chi connectivity index (χ1v) is 7.82. The van der Waals surface area contributed by atoms with Crippen LogP contribution in [-0.2, 0) is 17.6 Å². The second-order valence-electron chi connectivity index (χ2n) is 4.98. The van der Waals surface area contributed by atoms with Gasteiger partial charge < -0.3 is 10.8 Å².